The number of aromatic nitrogens is 5. The van der Waals surface area contributed by atoms with E-state index in [1.807, 2.05) is 27.7 Å². The molecule has 104 valence electrons. The van der Waals surface area contributed by atoms with Crippen LogP contribution in [0.5, 0.6) is 0 Å². The molecule has 0 aliphatic carbocycles. The van der Waals surface area contributed by atoms with E-state index in [1.165, 1.54) is 0 Å². The van der Waals surface area contributed by atoms with E-state index in [0.717, 1.165) is 23.4 Å². The third-order valence-electron chi connectivity index (χ3n) is 2.82. The molecule has 0 aliphatic rings. The first-order valence-electron chi connectivity index (χ1n) is 6.42. The van der Waals surface area contributed by atoms with Crippen molar-refractivity contribution in [3.63, 3.8) is 0 Å². The molecule has 0 saturated carbocycles. The molecule has 0 saturated heterocycles. The molecule has 0 spiro atoms. The first-order valence-corrected chi connectivity index (χ1v) is 7.30. The minimum Gasteiger partial charge on any atom is -0.338 e. The lowest BCUT2D eigenvalue weighted by Gasteiger charge is -2.07. The number of rotatable bonds is 5. The van der Waals surface area contributed by atoms with Gasteiger partial charge in [-0.2, -0.15) is 4.98 Å². The maximum absolute atomic E-state index is 5.30. The third kappa shape index (κ3) is 2.97. The molecule has 2 aromatic rings. The Morgan fingerprint density at radius 1 is 1.26 bits per heavy atom. The average Bonchev–Trinajstić information content (AvgIpc) is 2.96. The van der Waals surface area contributed by atoms with Gasteiger partial charge in [0.1, 0.15) is 5.82 Å². The van der Waals surface area contributed by atoms with Gasteiger partial charge in [-0.25, -0.2) is 0 Å². The summed E-state index contributed by atoms with van der Waals surface area (Å²) in [4.78, 5) is 4.41. The standard InChI is InChI=1S/C12H19N5OS/c1-6-17-9(5)14-15-12(17)19-8(4)11-13-10(7(2)3)16-18-11/h7-8H,6H2,1-5H3. The summed E-state index contributed by atoms with van der Waals surface area (Å²) >= 11 is 1.59. The van der Waals surface area contributed by atoms with Crippen molar-refractivity contribution in [1.29, 1.82) is 0 Å². The van der Waals surface area contributed by atoms with Crippen LogP contribution in [-0.2, 0) is 6.54 Å². The van der Waals surface area contributed by atoms with E-state index in [-0.39, 0.29) is 11.2 Å². The number of thioether (sulfide) groups is 1. The van der Waals surface area contributed by atoms with Crippen molar-refractivity contribution in [3.8, 4) is 0 Å². The van der Waals surface area contributed by atoms with E-state index in [2.05, 4.69) is 31.8 Å². The number of nitrogens with zero attached hydrogens (tertiary/aromatic N) is 5. The molecule has 7 heteroatoms. The van der Waals surface area contributed by atoms with Gasteiger partial charge in [-0.15, -0.1) is 10.2 Å². The zero-order valence-corrected chi connectivity index (χ0v) is 12.7. The molecule has 1 atom stereocenters. The Hall–Kier alpha value is -1.37. The van der Waals surface area contributed by atoms with Crippen molar-refractivity contribution >= 4 is 11.8 Å². The molecule has 0 amide bonds. The SMILES string of the molecule is CCn1c(C)nnc1SC(C)c1nc(C(C)C)no1. The van der Waals surface area contributed by atoms with Crippen LogP contribution >= 0.6 is 11.8 Å². The van der Waals surface area contributed by atoms with Crippen molar-refractivity contribution in [3.05, 3.63) is 17.5 Å². The van der Waals surface area contributed by atoms with Gasteiger partial charge in [0.05, 0.1) is 5.25 Å². The monoisotopic (exact) mass is 281 g/mol. The van der Waals surface area contributed by atoms with E-state index < -0.39 is 0 Å². The fraction of sp³-hybridized carbons (Fsp3) is 0.667. The minimum atomic E-state index is 0.0638. The van der Waals surface area contributed by atoms with Crippen LogP contribution in [0.15, 0.2) is 9.68 Å². The lowest BCUT2D eigenvalue weighted by Crippen LogP contribution is -2.00. The summed E-state index contributed by atoms with van der Waals surface area (Å²) in [6.45, 7) is 11.0. The second kappa shape index (κ2) is 5.73. The largest absolute Gasteiger partial charge is 0.338 e. The minimum absolute atomic E-state index is 0.0638. The topological polar surface area (TPSA) is 69.6 Å². The highest BCUT2D eigenvalue weighted by atomic mass is 32.2. The van der Waals surface area contributed by atoms with E-state index in [1.54, 1.807) is 11.8 Å². The molecule has 2 rings (SSSR count). The highest BCUT2D eigenvalue weighted by Crippen LogP contribution is 2.33. The first kappa shape index (κ1) is 14.0. The zero-order chi connectivity index (χ0) is 14.0. The van der Waals surface area contributed by atoms with Gasteiger partial charge in [0.2, 0.25) is 5.89 Å². The van der Waals surface area contributed by atoms with Crippen molar-refractivity contribution < 1.29 is 4.52 Å². The van der Waals surface area contributed by atoms with E-state index in [9.17, 15) is 0 Å². The summed E-state index contributed by atoms with van der Waals surface area (Å²) in [5, 5.41) is 13.2. The maximum Gasteiger partial charge on any atom is 0.239 e. The quantitative estimate of drug-likeness (QED) is 0.785. The normalized spacial score (nSPS) is 13.2. The van der Waals surface area contributed by atoms with Crippen LogP contribution in [-0.4, -0.2) is 24.9 Å². The van der Waals surface area contributed by atoms with Crippen LogP contribution in [0.2, 0.25) is 0 Å². The molecule has 0 fully saturated rings. The second-order valence-corrected chi connectivity index (χ2v) is 5.99. The van der Waals surface area contributed by atoms with Gasteiger partial charge in [-0.3, -0.25) is 0 Å². The molecule has 0 N–H and O–H groups in total. The molecule has 19 heavy (non-hydrogen) atoms. The van der Waals surface area contributed by atoms with Crippen LogP contribution in [0.4, 0.5) is 0 Å². The Morgan fingerprint density at radius 2 is 2.00 bits per heavy atom. The van der Waals surface area contributed by atoms with Crippen LogP contribution in [0, 0.1) is 6.92 Å². The van der Waals surface area contributed by atoms with Crippen LogP contribution in [0.1, 0.15) is 56.4 Å². The highest BCUT2D eigenvalue weighted by molar-refractivity contribution is 7.99. The smallest absolute Gasteiger partial charge is 0.239 e. The number of hydrogen-bond donors (Lipinski definition) is 0. The predicted molar refractivity (Wildman–Crippen MR) is 73.1 cm³/mol. The number of hydrogen-bond acceptors (Lipinski definition) is 6. The summed E-state index contributed by atoms with van der Waals surface area (Å²) in [6.07, 6.45) is 0. The van der Waals surface area contributed by atoms with Gasteiger partial charge in [-0.1, -0.05) is 30.8 Å². The van der Waals surface area contributed by atoms with Gasteiger partial charge in [0.15, 0.2) is 11.0 Å². The first-order chi connectivity index (χ1) is 9.02. The van der Waals surface area contributed by atoms with E-state index in [0.29, 0.717) is 5.89 Å². The lowest BCUT2D eigenvalue weighted by atomic mass is 10.2. The van der Waals surface area contributed by atoms with E-state index in [4.69, 9.17) is 4.52 Å². The lowest BCUT2D eigenvalue weighted by molar-refractivity contribution is 0.373. The molecule has 2 heterocycles. The fourth-order valence-corrected chi connectivity index (χ4v) is 2.66. The molecule has 2 aromatic heterocycles. The summed E-state index contributed by atoms with van der Waals surface area (Å²) in [6, 6.07) is 0. The van der Waals surface area contributed by atoms with Crippen LogP contribution < -0.4 is 0 Å². The van der Waals surface area contributed by atoms with Crippen molar-refractivity contribution in [2.75, 3.05) is 0 Å². The molecule has 0 bridgehead atoms. The molecular formula is C12H19N5OS. The van der Waals surface area contributed by atoms with Gasteiger partial charge in [-0.05, 0) is 20.8 Å². The van der Waals surface area contributed by atoms with Crippen molar-refractivity contribution in [1.82, 2.24) is 24.9 Å². The summed E-state index contributed by atoms with van der Waals surface area (Å²) in [7, 11) is 0. The Kier molecular flexibility index (Phi) is 4.24. The summed E-state index contributed by atoms with van der Waals surface area (Å²) < 4.78 is 7.37. The van der Waals surface area contributed by atoms with Gasteiger partial charge in [0.25, 0.3) is 0 Å². The Labute approximate surface area is 117 Å². The van der Waals surface area contributed by atoms with Gasteiger partial charge in [0, 0.05) is 12.5 Å². The molecular weight excluding hydrogens is 262 g/mol. The predicted octanol–water partition coefficient (Wildman–Crippen LogP) is 2.97. The maximum atomic E-state index is 5.30. The third-order valence-corrected chi connectivity index (χ3v) is 3.89. The average molecular weight is 281 g/mol. The van der Waals surface area contributed by atoms with Gasteiger partial charge >= 0.3 is 0 Å². The fourth-order valence-electron chi connectivity index (χ4n) is 1.67. The second-order valence-electron chi connectivity index (χ2n) is 4.68. The summed E-state index contributed by atoms with van der Waals surface area (Å²) in [5.74, 6) is 2.58. The zero-order valence-electron chi connectivity index (χ0n) is 11.9. The van der Waals surface area contributed by atoms with Crippen molar-refractivity contribution in [2.45, 2.75) is 57.5 Å². The molecule has 1 unspecified atom stereocenters. The van der Waals surface area contributed by atoms with Crippen LogP contribution in [0.3, 0.4) is 0 Å². The van der Waals surface area contributed by atoms with Crippen molar-refractivity contribution in [2.24, 2.45) is 0 Å². The van der Waals surface area contributed by atoms with Gasteiger partial charge < -0.3 is 9.09 Å². The number of aryl methyl sites for hydroxylation is 1. The van der Waals surface area contributed by atoms with E-state index >= 15 is 0 Å². The Bertz CT molecular complexity index is 548. The molecule has 0 aliphatic heterocycles. The molecule has 6 nitrogen and oxygen atoms in total. The summed E-state index contributed by atoms with van der Waals surface area (Å²) in [5.41, 5.74) is 0. The Morgan fingerprint density at radius 3 is 2.58 bits per heavy atom. The Balaban J connectivity index is 2.13. The molecule has 0 radical (unpaired) electrons. The highest BCUT2D eigenvalue weighted by Gasteiger charge is 2.20. The van der Waals surface area contributed by atoms with Crippen LogP contribution in [0.25, 0.3) is 0 Å². The molecule has 0 aromatic carbocycles.